The molecule has 0 bridgehead atoms. The van der Waals surface area contributed by atoms with Crippen LogP contribution in [0.3, 0.4) is 0 Å². The molecule has 45 heavy (non-hydrogen) atoms. The van der Waals surface area contributed by atoms with Crippen LogP contribution in [0.25, 0.3) is 55.8 Å². The van der Waals surface area contributed by atoms with Crippen molar-refractivity contribution in [2.75, 3.05) is 24.7 Å². The predicted molar refractivity (Wildman–Crippen MR) is 162 cm³/mol. The molecule has 230 valence electrons. The van der Waals surface area contributed by atoms with E-state index in [0.29, 0.717) is 16.5 Å². The van der Waals surface area contributed by atoms with Crippen LogP contribution in [-0.2, 0) is 16.2 Å². The number of halogens is 4. The Balaban J connectivity index is 1.68. The quantitative estimate of drug-likeness (QED) is 0.190. The predicted octanol–water partition coefficient (Wildman–Crippen LogP) is 7.49. The zero-order chi connectivity index (χ0) is 32.3. The van der Waals surface area contributed by atoms with E-state index in [1.54, 1.807) is 30.3 Å². The number of hydrogen-bond donors (Lipinski definition) is 1. The fraction of sp³-hybridized carbons (Fsp3) is 0.125. The van der Waals surface area contributed by atoms with Gasteiger partial charge in [0.1, 0.15) is 34.2 Å². The van der Waals surface area contributed by atoms with Gasteiger partial charge in [-0.25, -0.2) is 17.8 Å². The van der Waals surface area contributed by atoms with Gasteiger partial charge in [0, 0.05) is 47.6 Å². The van der Waals surface area contributed by atoms with Crippen LogP contribution in [0.1, 0.15) is 16.1 Å². The summed E-state index contributed by atoms with van der Waals surface area (Å²) in [5.74, 6) is -0.929. The van der Waals surface area contributed by atoms with Crippen LogP contribution in [0.4, 0.5) is 23.2 Å². The highest BCUT2D eigenvalue weighted by atomic mass is 32.2. The van der Waals surface area contributed by atoms with E-state index < -0.39 is 33.6 Å². The van der Waals surface area contributed by atoms with Crippen molar-refractivity contribution < 1.29 is 39.6 Å². The normalized spacial score (nSPS) is 12.2. The zero-order valence-electron chi connectivity index (χ0n) is 23.9. The van der Waals surface area contributed by atoms with Crippen LogP contribution < -0.4 is 9.62 Å². The molecular formula is C32H23F4N3O5S. The Labute approximate surface area is 253 Å². The molecule has 0 fully saturated rings. The van der Waals surface area contributed by atoms with Crippen LogP contribution in [0.2, 0.25) is 0 Å². The first-order valence-corrected chi connectivity index (χ1v) is 15.2. The van der Waals surface area contributed by atoms with E-state index in [4.69, 9.17) is 8.83 Å². The van der Waals surface area contributed by atoms with Gasteiger partial charge in [0.2, 0.25) is 10.0 Å². The van der Waals surface area contributed by atoms with Gasteiger partial charge in [-0.05, 0) is 54.6 Å². The van der Waals surface area contributed by atoms with E-state index in [9.17, 15) is 30.8 Å². The van der Waals surface area contributed by atoms with Crippen molar-refractivity contribution in [1.29, 1.82) is 0 Å². The Kier molecular flexibility index (Phi) is 7.15. The lowest BCUT2D eigenvalue weighted by molar-refractivity contribution is -0.141. The first-order chi connectivity index (χ1) is 21.2. The number of fused-ring (bicyclic) bond motifs is 2. The number of rotatable bonds is 6. The number of sulfonamides is 1. The maximum absolute atomic E-state index is 14.2. The first-order valence-electron chi connectivity index (χ1n) is 13.4. The molecule has 0 unspecified atom stereocenters. The molecule has 8 nitrogen and oxygen atoms in total. The summed E-state index contributed by atoms with van der Waals surface area (Å²) in [7, 11) is -1.33. The Bertz CT molecular complexity index is 2190. The standard InChI is InChI=1S/C32H23F4N3O5S/c1-37-31(40)29-22-15-21(24(39(2)45(3,41)42)16-27(22)44-30(29)17-8-10-20(33)11-9-17)23-12-19(14-28(38-23)32(34,35)36)26-13-18-6-4-5-7-25(18)43-26/h4-16H,1-3H3,(H,37,40). The van der Waals surface area contributed by atoms with Gasteiger partial charge in [-0.2, -0.15) is 13.2 Å². The van der Waals surface area contributed by atoms with Gasteiger partial charge >= 0.3 is 6.18 Å². The molecule has 3 aromatic heterocycles. The van der Waals surface area contributed by atoms with E-state index in [-0.39, 0.29) is 50.6 Å². The summed E-state index contributed by atoms with van der Waals surface area (Å²) >= 11 is 0. The van der Waals surface area contributed by atoms with E-state index in [0.717, 1.165) is 16.6 Å². The molecule has 13 heteroatoms. The molecule has 0 aliphatic rings. The molecule has 0 radical (unpaired) electrons. The summed E-state index contributed by atoms with van der Waals surface area (Å²) < 4.78 is 94.6. The summed E-state index contributed by atoms with van der Waals surface area (Å²) in [5.41, 5.74) is -0.650. The summed E-state index contributed by atoms with van der Waals surface area (Å²) in [6.07, 6.45) is -3.94. The molecule has 0 spiro atoms. The molecule has 0 saturated heterocycles. The number of para-hydroxylation sites is 1. The summed E-state index contributed by atoms with van der Waals surface area (Å²) in [6, 6.07) is 18.5. The number of nitrogens with zero attached hydrogens (tertiary/aromatic N) is 2. The second-order valence-electron chi connectivity index (χ2n) is 10.3. The molecule has 3 aromatic carbocycles. The maximum Gasteiger partial charge on any atom is 0.433 e. The lowest BCUT2D eigenvalue weighted by atomic mass is 9.99. The monoisotopic (exact) mass is 637 g/mol. The van der Waals surface area contributed by atoms with Crippen molar-refractivity contribution >= 4 is 43.6 Å². The van der Waals surface area contributed by atoms with E-state index in [1.807, 2.05) is 0 Å². The number of alkyl halides is 3. The van der Waals surface area contributed by atoms with Crippen LogP contribution in [0.5, 0.6) is 0 Å². The van der Waals surface area contributed by atoms with Gasteiger partial charge in [-0.3, -0.25) is 9.10 Å². The molecule has 0 aliphatic heterocycles. The molecule has 3 heterocycles. The number of aromatic nitrogens is 1. The molecule has 1 amide bonds. The molecule has 0 atom stereocenters. The highest BCUT2D eigenvalue weighted by Crippen LogP contribution is 2.43. The molecule has 0 saturated carbocycles. The van der Waals surface area contributed by atoms with Crippen LogP contribution in [-0.4, -0.2) is 39.7 Å². The van der Waals surface area contributed by atoms with Crippen LogP contribution in [0, 0.1) is 5.82 Å². The highest BCUT2D eigenvalue weighted by Gasteiger charge is 2.35. The van der Waals surface area contributed by atoms with Crippen LogP contribution >= 0.6 is 0 Å². The largest absolute Gasteiger partial charge is 0.456 e. The smallest absolute Gasteiger partial charge is 0.433 e. The molecular weight excluding hydrogens is 614 g/mol. The number of nitrogens with one attached hydrogen (secondary N) is 1. The summed E-state index contributed by atoms with van der Waals surface area (Å²) in [5, 5.41) is 3.35. The molecule has 6 rings (SSSR count). The highest BCUT2D eigenvalue weighted by molar-refractivity contribution is 7.92. The number of carbonyl (C=O) groups excluding carboxylic acids is 1. The van der Waals surface area contributed by atoms with Gasteiger partial charge in [0.25, 0.3) is 5.91 Å². The number of benzene rings is 3. The number of furan rings is 2. The van der Waals surface area contributed by atoms with Crippen molar-refractivity contribution in [1.82, 2.24) is 10.3 Å². The Morgan fingerprint density at radius 2 is 1.62 bits per heavy atom. The third kappa shape index (κ3) is 5.50. The van der Waals surface area contributed by atoms with Crippen molar-refractivity contribution in [2.45, 2.75) is 6.18 Å². The number of amides is 1. The second-order valence-corrected chi connectivity index (χ2v) is 12.3. The average Bonchev–Trinajstić information content (AvgIpc) is 3.60. The zero-order valence-corrected chi connectivity index (χ0v) is 24.7. The van der Waals surface area contributed by atoms with Gasteiger partial charge < -0.3 is 14.2 Å². The van der Waals surface area contributed by atoms with Gasteiger partial charge in [-0.1, -0.05) is 18.2 Å². The van der Waals surface area contributed by atoms with Crippen LogP contribution in [0.15, 0.2) is 87.7 Å². The third-order valence-electron chi connectivity index (χ3n) is 7.31. The molecule has 0 aliphatic carbocycles. The lowest BCUT2D eigenvalue weighted by Crippen LogP contribution is -2.25. The second kappa shape index (κ2) is 10.8. The number of pyridine rings is 1. The van der Waals surface area contributed by atoms with Gasteiger partial charge in [0.15, 0.2) is 0 Å². The Morgan fingerprint density at radius 1 is 0.911 bits per heavy atom. The maximum atomic E-state index is 14.2. The fourth-order valence-corrected chi connectivity index (χ4v) is 5.52. The number of carbonyl (C=O) groups is 1. The Morgan fingerprint density at radius 3 is 2.27 bits per heavy atom. The minimum atomic E-state index is -4.87. The van der Waals surface area contributed by atoms with Crippen molar-refractivity contribution in [2.24, 2.45) is 0 Å². The number of anilines is 1. The minimum absolute atomic E-state index is 0.0124. The SMILES string of the molecule is CNC(=O)c1c(-c2ccc(F)cc2)oc2cc(N(C)S(C)(=O)=O)c(-c3cc(-c4cc5ccccc5o4)cc(C(F)(F)F)n3)cc12. The van der Waals surface area contributed by atoms with E-state index in [1.165, 1.54) is 56.6 Å². The van der Waals surface area contributed by atoms with Crippen molar-refractivity contribution in [3.05, 3.63) is 95.9 Å². The topological polar surface area (TPSA) is 106 Å². The minimum Gasteiger partial charge on any atom is -0.456 e. The average molecular weight is 638 g/mol. The van der Waals surface area contributed by atoms with Crippen molar-refractivity contribution in [3.63, 3.8) is 0 Å². The van der Waals surface area contributed by atoms with E-state index in [2.05, 4.69) is 10.3 Å². The van der Waals surface area contributed by atoms with Gasteiger partial charge in [-0.15, -0.1) is 0 Å². The third-order valence-corrected chi connectivity index (χ3v) is 8.50. The summed E-state index contributed by atoms with van der Waals surface area (Å²) in [6.45, 7) is 0. The van der Waals surface area contributed by atoms with Gasteiger partial charge in [0.05, 0.1) is 23.2 Å². The summed E-state index contributed by atoms with van der Waals surface area (Å²) in [4.78, 5) is 17.1. The lowest BCUT2D eigenvalue weighted by Gasteiger charge is -2.21. The molecule has 6 aromatic rings. The molecule has 1 N–H and O–H groups in total. The van der Waals surface area contributed by atoms with Crippen molar-refractivity contribution in [3.8, 4) is 33.9 Å². The fourth-order valence-electron chi connectivity index (χ4n) is 5.01. The Hall–Kier alpha value is -5.17. The number of hydrogen-bond acceptors (Lipinski definition) is 6. The first kappa shape index (κ1) is 29.9. The van der Waals surface area contributed by atoms with E-state index >= 15 is 0 Å².